The van der Waals surface area contributed by atoms with Crippen molar-refractivity contribution in [3.63, 3.8) is 0 Å². The fourth-order valence-electron chi connectivity index (χ4n) is 1.33. The Morgan fingerprint density at radius 1 is 1.24 bits per heavy atom. The van der Waals surface area contributed by atoms with Crippen molar-refractivity contribution in [1.82, 2.24) is 14.5 Å². The second-order valence-electron chi connectivity index (χ2n) is 3.17. The summed E-state index contributed by atoms with van der Waals surface area (Å²) in [5.74, 6) is -0.395. The molecular formula is C10H8F3N3O. The van der Waals surface area contributed by atoms with Crippen molar-refractivity contribution in [3.05, 3.63) is 36.5 Å². The van der Waals surface area contributed by atoms with E-state index in [2.05, 4.69) is 9.97 Å². The number of nitrogens with zero attached hydrogens (tertiary/aromatic N) is 3. The Hall–Kier alpha value is -2.05. The second-order valence-corrected chi connectivity index (χ2v) is 3.17. The smallest absolute Gasteiger partial charge is 0.450 e. The molecule has 90 valence electrons. The van der Waals surface area contributed by atoms with Crippen LogP contribution in [0.3, 0.4) is 0 Å². The molecule has 0 bridgehead atoms. The first-order valence-electron chi connectivity index (χ1n) is 4.63. The molecule has 0 atom stereocenters. The molecule has 0 fully saturated rings. The van der Waals surface area contributed by atoms with Gasteiger partial charge < -0.3 is 4.74 Å². The SMILES string of the molecule is COc1ccc(-n2ccnc2C(F)(F)F)nc1. The van der Waals surface area contributed by atoms with Gasteiger partial charge in [0.25, 0.3) is 0 Å². The van der Waals surface area contributed by atoms with Crippen LogP contribution in [0.1, 0.15) is 5.82 Å². The molecule has 0 N–H and O–H groups in total. The van der Waals surface area contributed by atoms with Gasteiger partial charge in [0.2, 0.25) is 5.82 Å². The van der Waals surface area contributed by atoms with Crippen LogP contribution < -0.4 is 4.74 Å². The van der Waals surface area contributed by atoms with E-state index in [9.17, 15) is 13.2 Å². The number of halogens is 3. The molecule has 17 heavy (non-hydrogen) atoms. The topological polar surface area (TPSA) is 39.9 Å². The van der Waals surface area contributed by atoms with Crippen LogP contribution in [0.4, 0.5) is 13.2 Å². The van der Waals surface area contributed by atoms with Crippen LogP contribution in [-0.2, 0) is 6.18 Å². The zero-order chi connectivity index (χ0) is 12.5. The van der Waals surface area contributed by atoms with E-state index in [1.165, 1.54) is 31.6 Å². The van der Waals surface area contributed by atoms with Gasteiger partial charge in [-0.15, -0.1) is 0 Å². The quantitative estimate of drug-likeness (QED) is 0.812. The maximum absolute atomic E-state index is 12.6. The van der Waals surface area contributed by atoms with E-state index in [1.54, 1.807) is 0 Å². The van der Waals surface area contributed by atoms with Gasteiger partial charge in [0.1, 0.15) is 11.6 Å². The normalized spacial score (nSPS) is 11.5. The van der Waals surface area contributed by atoms with Crippen molar-refractivity contribution in [2.75, 3.05) is 7.11 Å². The molecule has 4 nitrogen and oxygen atoms in total. The maximum atomic E-state index is 12.6. The Labute approximate surface area is 94.7 Å². The van der Waals surface area contributed by atoms with E-state index in [-0.39, 0.29) is 5.82 Å². The van der Waals surface area contributed by atoms with Gasteiger partial charge in [-0.05, 0) is 12.1 Å². The highest BCUT2D eigenvalue weighted by Crippen LogP contribution is 2.29. The molecule has 2 heterocycles. The Balaban J connectivity index is 2.43. The highest BCUT2D eigenvalue weighted by Gasteiger charge is 2.36. The Kier molecular flexibility index (Phi) is 2.74. The minimum atomic E-state index is -4.51. The summed E-state index contributed by atoms with van der Waals surface area (Å²) in [7, 11) is 1.45. The first-order chi connectivity index (χ1) is 8.02. The average molecular weight is 243 g/mol. The molecule has 0 aromatic carbocycles. The van der Waals surface area contributed by atoms with E-state index < -0.39 is 12.0 Å². The zero-order valence-corrected chi connectivity index (χ0v) is 8.77. The number of alkyl halides is 3. The summed E-state index contributed by atoms with van der Waals surface area (Å²) < 4.78 is 43.5. The maximum Gasteiger partial charge on any atom is 0.450 e. The summed E-state index contributed by atoms with van der Waals surface area (Å²) >= 11 is 0. The highest BCUT2D eigenvalue weighted by molar-refractivity contribution is 5.30. The number of ether oxygens (including phenoxy) is 1. The molecule has 0 spiro atoms. The molecule has 0 saturated carbocycles. The lowest BCUT2D eigenvalue weighted by Gasteiger charge is -2.09. The lowest BCUT2D eigenvalue weighted by molar-refractivity contribution is -0.146. The molecular weight excluding hydrogens is 235 g/mol. The van der Waals surface area contributed by atoms with Crippen molar-refractivity contribution in [2.45, 2.75) is 6.18 Å². The number of methoxy groups -OCH3 is 1. The second kappa shape index (κ2) is 4.08. The fraction of sp³-hybridized carbons (Fsp3) is 0.200. The lowest BCUT2D eigenvalue weighted by atomic mass is 10.4. The van der Waals surface area contributed by atoms with Crippen LogP contribution >= 0.6 is 0 Å². The van der Waals surface area contributed by atoms with Gasteiger partial charge in [0.15, 0.2) is 0 Å². The summed E-state index contributed by atoms with van der Waals surface area (Å²) in [5.41, 5.74) is 0. The Bertz CT molecular complexity index is 504. The van der Waals surface area contributed by atoms with E-state index >= 15 is 0 Å². The van der Waals surface area contributed by atoms with E-state index in [0.717, 1.165) is 10.8 Å². The minimum Gasteiger partial charge on any atom is -0.495 e. The van der Waals surface area contributed by atoms with Crippen molar-refractivity contribution >= 4 is 0 Å². The third-order valence-corrected chi connectivity index (χ3v) is 2.10. The van der Waals surface area contributed by atoms with Crippen LogP contribution in [0.15, 0.2) is 30.7 Å². The molecule has 0 aliphatic carbocycles. The highest BCUT2D eigenvalue weighted by atomic mass is 19.4. The summed E-state index contributed by atoms with van der Waals surface area (Å²) in [4.78, 5) is 7.14. The van der Waals surface area contributed by atoms with Gasteiger partial charge in [-0.25, -0.2) is 9.97 Å². The van der Waals surface area contributed by atoms with Gasteiger partial charge in [0.05, 0.1) is 13.3 Å². The molecule has 2 aromatic rings. The van der Waals surface area contributed by atoms with Crippen LogP contribution in [-0.4, -0.2) is 21.6 Å². The van der Waals surface area contributed by atoms with Crippen molar-refractivity contribution in [1.29, 1.82) is 0 Å². The number of hydrogen-bond donors (Lipinski definition) is 0. The predicted octanol–water partition coefficient (Wildman–Crippen LogP) is 2.29. The third-order valence-electron chi connectivity index (χ3n) is 2.10. The first-order valence-corrected chi connectivity index (χ1v) is 4.63. The molecule has 2 aromatic heterocycles. The van der Waals surface area contributed by atoms with E-state index in [4.69, 9.17) is 4.74 Å². The van der Waals surface area contributed by atoms with Gasteiger partial charge in [-0.3, -0.25) is 4.57 Å². The van der Waals surface area contributed by atoms with Crippen LogP contribution in [0.25, 0.3) is 5.82 Å². The van der Waals surface area contributed by atoms with Gasteiger partial charge in [0, 0.05) is 12.4 Å². The summed E-state index contributed by atoms with van der Waals surface area (Å²) in [6.45, 7) is 0. The van der Waals surface area contributed by atoms with Crippen molar-refractivity contribution in [3.8, 4) is 11.6 Å². The summed E-state index contributed by atoms with van der Waals surface area (Å²) in [6.07, 6.45) is -0.882. The summed E-state index contributed by atoms with van der Waals surface area (Å²) in [5, 5.41) is 0. The molecule has 0 radical (unpaired) electrons. The van der Waals surface area contributed by atoms with Crippen LogP contribution in [0.5, 0.6) is 5.75 Å². The third kappa shape index (κ3) is 2.22. The van der Waals surface area contributed by atoms with Crippen molar-refractivity contribution in [2.24, 2.45) is 0 Å². The molecule has 7 heteroatoms. The average Bonchev–Trinajstić information content (AvgIpc) is 2.78. The minimum absolute atomic E-state index is 0.135. The first kappa shape index (κ1) is 11.4. The largest absolute Gasteiger partial charge is 0.495 e. The van der Waals surface area contributed by atoms with Crippen molar-refractivity contribution < 1.29 is 17.9 Å². The molecule has 0 amide bonds. The molecule has 0 unspecified atom stereocenters. The molecule has 0 aliphatic rings. The van der Waals surface area contributed by atoms with Gasteiger partial charge >= 0.3 is 6.18 Å². The fourth-order valence-corrected chi connectivity index (χ4v) is 1.33. The van der Waals surface area contributed by atoms with Gasteiger partial charge in [-0.2, -0.15) is 13.2 Å². The van der Waals surface area contributed by atoms with E-state index in [1.807, 2.05) is 0 Å². The molecule has 0 aliphatic heterocycles. The Morgan fingerprint density at radius 3 is 2.53 bits per heavy atom. The number of imidazole rings is 1. The zero-order valence-electron chi connectivity index (χ0n) is 8.77. The van der Waals surface area contributed by atoms with Crippen LogP contribution in [0.2, 0.25) is 0 Å². The monoisotopic (exact) mass is 243 g/mol. The molecule has 2 rings (SSSR count). The number of rotatable bonds is 2. The standard InChI is InChI=1S/C10H8F3N3O/c1-17-7-2-3-8(15-6-7)16-5-4-14-9(16)10(11,12)13/h2-6H,1H3. The lowest BCUT2D eigenvalue weighted by Crippen LogP contribution is -2.14. The van der Waals surface area contributed by atoms with Gasteiger partial charge in [-0.1, -0.05) is 0 Å². The number of hydrogen-bond acceptors (Lipinski definition) is 3. The Morgan fingerprint density at radius 2 is 2.00 bits per heavy atom. The number of pyridine rings is 1. The predicted molar refractivity (Wildman–Crippen MR) is 52.9 cm³/mol. The van der Waals surface area contributed by atoms with Crippen LogP contribution in [0, 0.1) is 0 Å². The van der Waals surface area contributed by atoms with E-state index in [0.29, 0.717) is 5.75 Å². The molecule has 0 saturated heterocycles. The summed E-state index contributed by atoms with van der Waals surface area (Å²) in [6, 6.07) is 2.96. The number of aromatic nitrogens is 3.